The van der Waals surface area contributed by atoms with Crippen molar-refractivity contribution in [1.82, 2.24) is 25.1 Å². The Balaban J connectivity index is 1.31. The van der Waals surface area contributed by atoms with Crippen LogP contribution in [0.1, 0.15) is 18.1 Å². The lowest BCUT2D eigenvalue weighted by atomic mass is 10.1. The zero-order chi connectivity index (χ0) is 28.2. The molecular weight excluding hydrogens is 533 g/mol. The molecular formula is C28H30FN7O3S. The smallest absolute Gasteiger partial charge is 0.277 e. The van der Waals surface area contributed by atoms with E-state index in [0.717, 1.165) is 36.0 Å². The van der Waals surface area contributed by atoms with Gasteiger partial charge >= 0.3 is 0 Å². The summed E-state index contributed by atoms with van der Waals surface area (Å²) in [6.07, 6.45) is 3.22. The number of carbonyl (C=O) groups excluding carboxylic acids is 1. The van der Waals surface area contributed by atoms with Crippen molar-refractivity contribution >= 4 is 40.5 Å². The molecule has 40 heavy (non-hydrogen) atoms. The number of piperazine rings is 1. The molecule has 0 bridgehead atoms. The van der Waals surface area contributed by atoms with Crippen molar-refractivity contribution in [3.05, 3.63) is 69.8 Å². The maximum absolute atomic E-state index is 15.2. The summed E-state index contributed by atoms with van der Waals surface area (Å²) in [7, 11) is 2.04. The number of pyridine rings is 1. The van der Waals surface area contributed by atoms with Crippen molar-refractivity contribution in [3.8, 4) is 11.5 Å². The predicted molar refractivity (Wildman–Crippen MR) is 154 cm³/mol. The highest BCUT2D eigenvalue weighted by Gasteiger charge is 2.22. The number of aromatic nitrogens is 3. The lowest BCUT2D eigenvalue weighted by Crippen LogP contribution is -2.44. The monoisotopic (exact) mass is 563 g/mol. The molecule has 4 aromatic rings. The third-order valence-corrected chi connectivity index (χ3v) is 7.60. The van der Waals surface area contributed by atoms with E-state index in [2.05, 4.69) is 25.6 Å². The first-order valence-electron chi connectivity index (χ1n) is 13.0. The number of aryl methyl sites for hydroxylation is 2. The Bertz CT molecular complexity index is 1610. The first-order valence-corrected chi connectivity index (χ1v) is 14.0. The number of rotatable bonds is 8. The molecule has 0 aliphatic carbocycles. The molecule has 5 rings (SSSR count). The summed E-state index contributed by atoms with van der Waals surface area (Å²) in [6, 6.07) is 10.8. The molecule has 2 aromatic carbocycles. The molecule has 3 heterocycles. The molecule has 1 N–H and O–H groups in total. The molecule has 0 atom stereocenters. The van der Waals surface area contributed by atoms with E-state index in [9.17, 15) is 9.59 Å². The molecule has 1 aliphatic heterocycles. The van der Waals surface area contributed by atoms with Gasteiger partial charge in [0, 0.05) is 44.3 Å². The van der Waals surface area contributed by atoms with Gasteiger partial charge in [0.1, 0.15) is 11.4 Å². The van der Waals surface area contributed by atoms with Crippen LogP contribution >= 0.6 is 11.8 Å². The summed E-state index contributed by atoms with van der Waals surface area (Å²) in [5.74, 6) is -0.784. The number of likely N-dealkylation sites (N-methyl/N-ethyl adjacent to an activating group) is 1. The van der Waals surface area contributed by atoms with Gasteiger partial charge in [-0.05, 0) is 38.6 Å². The summed E-state index contributed by atoms with van der Waals surface area (Å²) in [6.45, 7) is 7.61. The molecule has 2 aromatic heterocycles. The molecule has 0 spiro atoms. The van der Waals surface area contributed by atoms with Crippen LogP contribution in [0.4, 0.5) is 10.1 Å². The fourth-order valence-corrected chi connectivity index (χ4v) is 5.03. The van der Waals surface area contributed by atoms with Crippen LogP contribution in [0.25, 0.3) is 22.4 Å². The van der Waals surface area contributed by atoms with E-state index in [1.165, 1.54) is 6.07 Å². The quantitative estimate of drug-likeness (QED) is 0.197. The molecule has 10 nitrogen and oxygen atoms in total. The van der Waals surface area contributed by atoms with Gasteiger partial charge in [0.2, 0.25) is 5.43 Å². The second-order valence-corrected chi connectivity index (χ2v) is 10.6. The summed E-state index contributed by atoms with van der Waals surface area (Å²) in [5.41, 5.74) is 5.37. The van der Waals surface area contributed by atoms with E-state index in [1.807, 2.05) is 54.6 Å². The highest BCUT2D eigenvalue weighted by atomic mass is 32.2. The number of halogens is 1. The Morgan fingerprint density at radius 2 is 1.93 bits per heavy atom. The van der Waals surface area contributed by atoms with Crippen molar-refractivity contribution in [2.45, 2.75) is 25.6 Å². The van der Waals surface area contributed by atoms with Gasteiger partial charge in [-0.15, -0.1) is 10.2 Å². The fraction of sp³-hybridized carbons (Fsp3) is 0.321. The standard InChI is InChI=1S/C28H30FN7O3S/c1-4-35-16-21(26(38)20-13-22(29)24(14-23(20)35)36-11-9-34(3)10-12-36)27-32-33-28(39-27)40-17-25(37)31-30-15-19-7-5-18(2)6-8-19/h5-8,13-16H,4,9-12,17H2,1-3H3,(H,31,37)/b30-15+. The van der Waals surface area contributed by atoms with Crippen molar-refractivity contribution in [2.24, 2.45) is 5.10 Å². The van der Waals surface area contributed by atoms with E-state index >= 15 is 4.39 Å². The van der Waals surface area contributed by atoms with Crippen LogP contribution in [0.2, 0.25) is 0 Å². The van der Waals surface area contributed by atoms with E-state index < -0.39 is 11.2 Å². The number of amides is 1. The molecule has 1 fully saturated rings. The summed E-state index contributed by atoms with van der Waals surface area (Å²) >= 11 is 1.03. The molecule has 208 valence electrons. The molecule has 0 saturated carbocycles. The van der Waals surface area contributed by atoms with E-state index in [0.29, 0.717) is 30.8 Å². The third kappa shape index (κ3) is 6.07. The number of hydrogen-bond acceptors (Lipinski definition) is 9. The number of carbonyl (C=O) groups is 1. The molecule has 1 amide bonds. The summed E-state index contributed by atoms with van der Waals surface area (Å²) in [4.78, 5) is 29.8. The van der Waals surface area contributed by atoms with Gasteiger partial charge in [0.25, 0.3) is 17.0 Å². The minimum Gasteiger partial charge on any atom is -0.411 e. The minimum absolute atomic E-state index is 0.00986. The fourth-order valence-electron chi connectivity index (χ4n) is 4.47. The van der Waals surface area contributed by atoms with Gasteiger partial charge in [0.15, 0.2) is 0 Å². The Hall–Kier alpha value is -4.03. The number of benzene rings is 2. The minimum atomic E-state index is -0.438. The largest absolute Gasteiger partial charge is 0.411 e. The summed E-state index contributed by atoms with van der Waals surface area (Å²) in [5, 5.41) is 12.3. The maximum atomic E-state index is 15.2. The SMILES string of the molecule is CCn1cc(-c2nnc(SCC(=O)N/N=C/c3ccc(C)cc3)o2)c(=O)c2cc(F)c(N3CCN(C)CC3)cc21. The Kier molecular flexibility index (Phi) is 8.27. The van der Waals surface area contributed by atoms with Crippen LogP contribution in [-0.2, 0) is 11.3 Å². The van der Waals surface area contributed by atoms with Crippen LogP contribution in [-0.4, -0.2) is 70.8 Å². The van der Waals surface area contributed by atoms with E-state index in [-0.39, 0.29) is 33.7 Å². The second-order valence-electron chi connectivity index (χ2n) is 9.63. The second kappa shape index (κ2) is 12.0. The number of fused-ring (bicyclic) bond motifs is 1. The van der Waals surface area contributed by atoms with Crippen molar-refractivity contribution in [3.63, 3.8) is 0 Å². The normalized spacial score (nSPS) is 14.3. The number of hydrogen-bond donors (Lipinski definition) is 1. The van der Waals surface area contributed by atoms with Crippen LogP contribution in [0.15, 0.2) is 62.1 Å². The molecule has 0 unspecified atom stereocenters. The topological polar surface area (TPSA) is 109 Å². The lowest BCUT2D eigenvalue weighted by molar-refractivity contribution is -0.118. The van der Waals surface area contributed by atoms with Gasteiger partial charge in [-0.3, -0.25) is 9.59 Å². The van der Waals surface area contributed by atoms with Crippen molar-refractivity contribution in [1.29, 1.82) is 0 Å². The van der Waals surface area contributed by atoms with Gasteiger partial charge in [0.05, 0.1) is 23.2 Å². The first kappa shape index (κ1) is 27.5. The van der Waals surface area contributed by atoms with E-state index in [4.69, 9.17) is 4.42 Å². The maximum Gasteiger partial charge on any atom is 0.277 e. The number of thioether (sulfide) groups is 1. The number of anilines is 1. The van der Waals surface area contributed by atoms with Crippen molar-refractivity contribution in [2.75, 3.05) is 43.9 Å². The zero-order valence-electron chi connectivity index (χ0n) is 22.6. The van der Waals surface area contributed by atoms with Gasteiger partial charge in [-0.2, -0.15) is 5.10 Å². The Morgan fingerprint density at radius 1 is 1.18 bits per heavy atom. The van der Waals surface area contributed by atoms with Gasteiger partial charge in [-0.1, -0.05) is 41.6 Å². The molecule has 12 heteroatoms. The van der Waals surface area contributed by atoms with Crippen LogP contribution in [0.5, 0.6) is 0 Å². The number of hydrazone groups is 1. The average molecular weight is 564 g/mol. The molecule has 1 aliphatic rings. The third-order valence-electron chi connectivity index (χ3n) is 6.78. The predicted octanol–water partition coefficient (Wildman–Crippen LogP) is 3.51. The molecule has 0 radical (unpaired) electrons. The first-order chi connectivity index (χ1) is 19.3. The average Bonchev–Trinajstić information content (AvgIpc) is 3.43. The number of nitrogens with one attached hydrogen (secondary N) is 1. The highest BCUT2D eigenvalue weighted by Crippen LogP contribution is 2.28. The summed E-state index contributed by atoms with van der Waals surface area (Å²) < 4.78 is 22.8. The van der Waals surface area contributed by atoms with Gasteiger partial charge < -0.3 is 18.8 Å². The lowest BCUT2D eigenvalue weighted by Gasteiger charge is -2.34. The Labute approximate surface area is 234 Å². The van der Waals surface area contributed by atoms with Crippen LogP contribution in [0.3, 0.4) is 0 Å². The van der Waals surface area contributed by atoms with Crippen LogP contribution < -0.4 is 15.8 Å². The number of nitrogens with zero attached hydrogens (tertiary/aromatic N) is 6. The van der Waals surface area contributed by atoms with Crippen LogP contribution in [0, 0.1) is 12.7 Å². The zero-order valence-corrected chi connectivity index (χ0v) is 23.4. The Morgan fingerprint density at radius 3 is 2.65 bits per heavy atom. The highest BCUT2D eigenvalue weighted by molar-refractivity contribution is 7.99. The van der Waals surface area contributed by atoms with Gasteiger partial charge in [-0.25, -0.2) is 9.82 Å². The van der Waals surface area contributed by atoms with Crippen molar-refractivity contribution < 1.29 is 13.6 Å². The molecule has 1 saturated heterocycles. The van der Waals surface area contributed by atoms with E-state index in [1.54, 1.807) is 18.5 Å².